The number of carbonyl (C=O) groups excluding carboxylic acids is 2. The molecule has 25 heavy (non-hydrogen) atoms. The molecular weight excluding hydrogens is 452 g/mol. The number of nitrogens with one attached hydrogen (secondary N) is 1. The van der Waals surface area contributed by atoms with Gasteiger partial charge in [-0.2, -0.15) is 5.10 Å². The molecule has 2 aromatic carbocycles. The maximum Gasteiger partial charge on any atom is 0.330 e. The number of ether oxygens (including phenoxy) is 1. The molecule has 5 nitrogen and oxygen atoms in total. The predicted octanol–water partition coefficient (Wildman–Crippen LogP) is 3.68. The third kappa shape index (κ3) is 3.67. The fourth-order valence-corrected chi connectivity index (χ4v) is 3.43. The highest BCUT2D eigenvalue weighted by Crippen LogP contribution is 2.30. The van der Waals surface area contributed by atoms with Gasteiger partial charge in [-0.3, -0.25) is 10.2 Å². The molecule has 0 bridgehead atoms. The van der Waals surface area contributed by atoms with Gasteiger partial charge in [-0.15, -0.1) is 0 Å². The molecule has 7 heteroatoms. The quantitative estimate of drug-likeness (QED) is 0.552. The first-order chi connectivity index (χ1) is 12.0. The molecule has 0 unspecified atom stereocenters. The number of Topliss-reactive ketones (excluding diaryl/α,β-unsaturated/α-hetero) is 1. The largest absolute Gasteiger partial charge is 0.467 e. The van der Waals surface area contributed by atoms with Crippen molar-refractivity contribution in [2.75, 3.05) is 7.11 Å². The lowest BCUT2D eigenvalue weighted by Gasteiger charge is -2.19. The van der Waals surface area contributed by atoms with Crippen molar-refractivity contribution in [2.45, 2.75) is 12.0 Å². The molecule has 0 aliphatic carbocycles. The number of halogens is 2. The molecule has 2 aromatic rings. The zero-order chi connectivity index (χ0) is 18.0. The van der Waals surface area contributed by atoms with Crippen molar-refractivity contribution in [3.05, 3.63) is 68.6 Å². The number of rotatable bonds is 4. The van der Waals surface area contributed by atoms with Gasteiger partial charge < -0.3 is 4.74 Å². The average molecular weight is 466 g/mol. The second-order valence-electron chi connectivity index (χ2n) is 5.50. The topological polar surface area (TPSA) is 67.8 Å². The summed E-state index contributed by atoms with van der Waals surface area (Å²) in [5, 5.41) is 4.16. The van der Waals surface area contributed by atoms with E-state index in [0.717, 1.165) is 14.5 Å². The van der Waals surface area contributed by atoms with Crippen LogP contribution in [0.5, 0.6) is 0 Å². The molecule has 0 saturated heterocycles. The van der Waals surface area contributed by atoms with Crippen LogP contribution in [0.3, 0.4) is 0 Å². The second-order valence-corrected chi connectivity index (χ2v) is 7.33. The zero-order valence-corrected chi connectivity index (χ0v) is 16.4. The normalized spacial score (nSPS) is 19.1. The van der Waals surface area contributed by atoms with Gasteiger partial charge in [0, 0.05) is 14.5 Å². The smallest absolute Gasteiger partial charge is 0.330 e. The fourth-order valence-electron chi connectivity index (χ4n) is 2.75. The van der Waals surface area contributed by atoms with E-state index in [1.54, 1.807) is 24.3 Å². The van der Waals surface area contributed by atoms with E-state index in [-0.39, 0.29) is 11.5 Å². The Morgan fingerprint density at radius 1 is 1.08 bits per heavy atom. The van der Waals surface area contributed by atoms with Crippen LogP contribution in [-0.4, -0.2) is 30.6 Å². The van der Waals surface area contributed by atoms with E-state index in [9.17, 15) is 9.59 Å². The van der Waals surface area contributed by atoms with Crippen molar-refractivity contribution in [2.24, 2.45) is 5.10 Å². The Morgan fingerprint density at radius 3 is 2.44 bits per heavy atom. The van der Waals surface area contributed by atoms with Crippen molar-refractivity contribution in [3.63, 3.8) is 0 Å². The van der Waals surface area contributed by atoms with Crippen molar-refractivity contribution in [3.8, 4) is 0 Å². The number of hydrogen-bond donors (Lipinski definition) is 1. The van der Waals surface area contributed by atoms with Crippen LogP contribution in [0.1, 0.15) is 21.8 Å². The molecule has 128 valence electrons. The lowest BCUT2D eigenvalue weighted by Crippen LogP contribution is -2.38. The first-order valence-electron chi connectivity index (χ1n) is 7.48. The Morgan fingerprint density at radius 2 is 1.80 bits per heavy atom. The van der Waals surface area contributed by atoms with Gasteiger partial charge in [-0.25, -0.2) is 4.79 Å². The molecule has 0 saturated carbocycles. The van der Waals surface area contributed by atoms with Gasteiger partial charge in [-0.05, 0) is 42.0 Å². The Bertz CT molecular complexity index is 850. The monoisotopic (exact) mass is 464 g/mol. The van der Waals surface area contributed by atoms with Crippen LogP contribution >= 0.6 is 31.9 Å². The van der Waals surface area contributed by atoms with Crippen molar-refractivity contribution < 1.29 is 14.3 Å². The Labute approximate surface area is 161 Å². The van der Waals surface area contributed by atoms with E-state index in [1.807, 2.05) is 24.3 Å². The summed E-state index contributed by atoms with van der Waals surface area (Å²) in [6.45, 7) is 0. The molecule has 0 radical (unpaired) electrons. The summed E-state index contributed by atoms with van der Waals surface area (Å²) < 4.78 is 6.60. The van der Waals surface area contributed by atoms with Crippen LogP contribution in [-0.2, 0) is 9.53 Å². The van der Waals surface area contributed by atoms with Gasteiger partial charge in [-0.1, -0.05) is 44.0 Å². The maximum atomic E-state index is 12.9. The molecule has 0 aromatic heterocycles. The first-order valence-corrected chi connectivity index (χ1v) is 9.06. The van der Waals surface area contributed by atoms with Crippen LogP contribution in [0, 0.1) is 0 Å². The Balaban J connectivity index is 2.00. The number of carbonyl (C=O) groups is 2. The van der Waals surface area contributed by atoms with Crippen LogP contribution < -0.4 is 5.43 Å². The molecular formula is C18H14Br2N2O3. The second kappa shape index (κ2) is 7.49. The van der Waals surface area contributed by atoms with Gasteiger partial charge >= 0.3 is 5.97 Å². The SMILES string of the molecule is COC(=O)[C@H]1NN=C(C(=O)c2ccc(Br)cc2)[C@H]1c1cccc(Br)c1. The number of benzene rings is 2. The van der Waals surface area contributed by atoms with E-state index in [4.69, 9.17) is 4.74 Å². The van der Waals surface area contributed by atoms with Gasteiger partial charge in [0.2, 0.25) is 5.78 Å². The zero-order valence-electron chi connectivity index (χ0n) is 13.2. The van der Waals surface area contributed by atoms with Gasteiger partial charge in [0.15, 0.2) is 6.04 Å². The highest BCUT2D eigenvalue weighted by molar-refractivity contribution is 9.10. The summed E-state index contributed by atoms with van der Waals surface area (Å²) in [4.78, 5) is 25.1. The highest BCUT2D eigenvalue weighted by atomic mass is 79.9. The van der Waals surface area contributed by atoms with E-state index in [2.05, 4.69) is 42.4 Å². The third-order valence-corrected chi connectivity index (χ3v) is 4.98. The summed E-state index contributed by atoms with van der Waals surface area (Å²) >= 11 is 6.78. The Kier molecular flexibility index (Phi) is 5.34. The van der Waals surface area contributed by atoms with Crippen LogP contribution in [0.15, 0.2) is 62.6 Å². The van der Waals surface area contributed by atoms with E-state index < -0.39 is 17.9 Å². The number of hydrazone groups is 1. The van der Waals surface area contributed by atoms with E-state index >= 15 is 0 Å². The van der Waals surface area contributed by atoms with Crippen LogP contribution in [0.4, 0.5) is 0 Å². The van der Waals surface area contributed by atoms with Crippen molar-refractivity contribution in [1.29, 1.82) is 0 Å². The summed E-state index contributed by atoms with van der Waals surface area (Å²) in [5.74, 6) is -1.22. The predicted molar refractivity (Wildman–Crippen MR) is 102 cm³/mol. The fraction of sp³-hybridized carbons (Fsp3) is 0.167. The number of ketones is 1. The van der Waals surface area contributed by atoms with Gasteiger partial charge in [0.25, 0.3) is 0 Å². The summed E-state index contributed by atoms with van der Waals surface area (Å²) in [7, 11) is 1.32. The third-order valence-electron chi connectivity index (χ3n) is 3.95. The molecule has 2 atom stereocenters. The van der Waals surface area contributed by atoms with Crippen LogP contribution in [0.25, 0.3) is 0 Å². The maximum absolute atomic E-state index is 12.9. The molecule has 1 heterocycles. The van der Waals surface area contributed by atoms with Gasteiger partial charge in [0.1, 0.15) is 5.71 Å². The van der Waals surface area contributed by atoms with Crippen molar-refractivity contribution >= 4 is 49.3 Å². The first kappa shape index (κ1) is 17.8. The number of nitrogens with zero attached hydrogens (tertiary/aromatic N) is 1. The molecule has 0 amide bonds. The van der Waals surface area contributed by atoms with Crippen LogP contribution in [0.2, 0.25) is 0 Å². The minimum Gasteiger partial charge on any atom is -0.467 e. The summed E-state index contributed by atoms with van der Waals surface area (Å²) in [5.41, 5.74) is 4.36. The van der Waals surface area contributed by atoms with E-state index in [1.165, 1.54) is 7.11 Å². The summed E-state index contributed by atoms with van der Waals surface area (Å²) in [6.07, 6.45) is 0. The molecule has 0 fully saturated rings. The lowest BCUT2D eigenvalue weighted by molar-refractivity contribution is -0.143. The van der Waals surface area contributed by atoms with Crippen molar-refractivity contribution in [1.82, 2.24) is 5.43 Å². The molecule has 1 aliphatic rings. The molecule has 1 N–H and O–H groups in total. The van der Waals surface area contributed by atoms with Gasteiger partial charge in [0.05, 0.1) is 13.0 Å². The highest BCUT2D eigenvalue weighted by Gasteiger charge is 2.41. The minimum atomic E-state index is -0.742. The van der Waals surface area contributed by atoms with E-state index in [0.29, 0.717) is 5.56 Å². The number of esters is 1. The standard InChI is InChI=1S/C18H14Br2N2O3/c1-25-18(24)16-14(11-3-2-4-13(20)9-11)15(21-22-16)17(23)10-5-7-12(19)8-6-10/h2-9,14,16,22H,1H3/t14-,16+/m1/s1. The molecule has 3 rings (SSSR count). The average Bonchev–Trinajstić information content (AvgIpc) is 3.06. The number of hydrogen-bond acceptors (Lipinski definition) is 5. The molecule has 1 aliphatic heterocycles. The molecule has 0 spiro atoms. The summed E-state index contributed by atoms with van der Waals surface area (Å²) in [6, 6.07) is 13.8. The lowest BCUT2D eigenvalue weighted by atomic mass is 9.85. The number of methoxy groups -OCH3 is 1. The Hall–Kier alpha value is -1.99. The minimum absolute atomic E-state index is 0.226.